The predicted molar refractivity (Wildman–Crippen MR) is 93.1 cm³/mol. The van der Waals surface area contributed by atoms with Gasteiger partial charge in [0.05, 0.1) is 7.11 Å². The third kappa shape index (κ3) is 4.26. The molecule has 0 aliphatic carbocycles. The third-order valence-electron chi connectivity index (χ3n) is 3.82. The maximum Gasteiger partial charge on any atom is 0.287 e. The van der Waals surface area contributed by atoms with Crippen molar-refractivity contribution in [3.63, 3.8) is 0 Å². The molecule has 0 aliphatic rings. The lowest BCUT2D eigenvalue weighted by Crippen LogP contribution is -2.25. The lowest BCUT2D eigenvalue weighted by molar-refractivity contribution is 0.0927. The van der Waals surface area contributed by atoms with Crippen LogP contribution in [0.5, 0.6) is 5.75 Å². The molecule has 0 spiro atoms. The second kappa shape index (κ2) is 7.66. The monoisotopic (exact) mass is 339 g/mol. The fraction of sp³-hybridized carbons (Fsp3) is 0.150. The molecule has 2 aromatic carbocycles. The normalized spacial score (nSPS) is 10.5. The van der Waals surface area contributed by atoms with Gasteiger partial charge in [-0.3, -0.25) is 4.79 Å². The van der Waals surface area contributed by atoms with Gasteiger partial charge in [0, 0.05) is 12.1 Å². The van der Waals surface area contributed by atoms with E-state index in [-0.39, 0.29) is 17.5 Å². The van der Waals surface area contributed by atoms with E-state index in [1.54, 1.807) is 31.4 Å². The summed E-state index contributed by atoms with van der Waals surface area (Å²) in [5.41, 5.74) is 1.83. The lowest BCUT2D eigenvalue weighted by Gasteiger charge is -2.05. The Bertz CT molecular complexity index is 838. The first-order valence-electron chi connectivity index (χ1n) is 7.92. The van der Waals surface area contributed by atoms with Crippen molar-refractivity contribution in [2.45, 2.75) is 6.42 Å². The number of halogens is 1. The van der Waals surface area contributed by atoms with Crippen LogP contribution in [0, 0.1) is 5.82 Å². The average molecular weight is 339 g/mol. The third-order valence-corrected chi connectivity index (χ3v) is 3.82. The highest BCUT2D eigenvalue weighted by molar-refractivity contribution is 5.92. The smallest absolute Gasteiger partial charge is 0.287 e. The lowest BCUT2D eigenvalue weighted by atomic mass is 10.1. The highest BCUT2D eigenvalue weighted by Crippen LogP contribution is 2.22. The van der Waals surface area contributed by atoms with Crippen LogP contribution in [0.1, 0.15) is 16.1 Å². The number of furan rings is 1. The standard InChI is InChI=1S/C20H18FNO3/c1-24-17-8-2-14(3-9-17)12-13-22-20(23)19-11-10-18(25-19)15-4-6-16(21)7-5-15/h2-11H,12-13H2,1H3,(H,22,23). The van der Waals surface area contributed by atoms with E-state index >= 15 is 0 Å². The summed E-state index contributed by atoms with van der Waals surface area (Å²) in [4.78, 5) is 12.1. The zero-order chi connectivity index (χ0) is 17.6. The number of methoxy groups -OCH3 is 1. The topological polar surface area (TPSA) is 51.5 Å². The van der Waals surface area contributed by atoms with Crippen molar-refractivity contribution in [3.05, 3.63) is 77.8 Å². The van der Waals surface area contributed by atoms with Gasteiger partial charge in [0.25, 0.3) is 5.91 Å². The van der Waals surface area contributed by atoms with Crippen LogP contribution in [0.15, 0.2) is 65.1 Å². The van der Waals surface area contributed by atoms with Crippen molar-refractivity contribution in [1.29, 1.82) is 0 Å². The SMILES string of the molecule is COc1ccc(CCNC(=O)c2ccc(-c3ccc(F)cc3)o2)cc1. The zero-order valence-corrected chi connectivity index (χ0v) is 13.8. The molecule has 0 bridgehead atoms. The minimum Gasteiger partial charge on any atom is -0.497 e. The Labute approximate surface area is 145 Å². The summed E-state index contributed by atoms with van der Waals surface area (Å²) < 4.78 is 23.6. The molecule has 3 rings (SSSR count). The highest BCUT2D eigenvalue weighted by Gasteiger charge is 2.12. The number of hydrogen-bond donors (Lipinski definition) is 1. The van der Waals surface area contributed by atoms with Crippen molar-refractivity contribution in [2.75, 3.05) is 13.7 Å². The Hall–Kier alpha value is -3.08. The summed E-state index contributed by atoms with van der Waals surface area (Å²) in [6.07, 6.45) is 0.710. The van der Waals surface area contributed by atoms with E-state index in [0.29, 0.717) is 18.7 Å². The highest BCUT2D eigenvalue weighted by atomic mass is 19.1. The van der Waals surface area contributed by atoms with E-state index in [4.69, 9.17) is 9.15 Å². The maximum atomic E-state index is 13.0. The fourth-order valence-corrected chi connectivity index (χ4v) is 2.43. The average Bonchev–Trinajstić information content (AvgIpc) is 3.13. The number of hydrogen-bond acceptors (Lipinski definition) is 3. The van der Waals surface area contributed by atoms with Gasteiger partial charge in [0.15, 0.2) is 5.76 Å². The van der Waals surface area contributed by atoms with E-state index in [0.717, 1.165) is 16.9 Å². The van der Waals surface area contributed by atoms with Crippen molar-refractivity contribution >= 4 is 5.91 Å². The minimum atomic E-state index is -0.313. The molecule has 5 heteroatoms. The van der Waals surface area contributed by atoms with Gasteiger partial charge in [-0.15, -0.1) is 0 Å². The van der Waals surface area contributed by atoms with E-state index < -0.39 is 0 Å². The van der Waals surface area contributed by atoms with Crippen molar-refractivity contribution in [2.24, 2.45) is 0 Å². The predicted octanol–water partition coefficient (Wildman–Crippen LogP) is 4.07. The summed E-state index contributed by atoms with van der Waals surface area (Å²) >= 11 is 0. The number of carbonyl (C=O) groups excluding carboxylic acids is 1. The molecule has 1 heterocycles. The first kappa shape index (κ1) is 16.8. The molecule has 3 aromatic rings. The summed E-state index contributed by atoms with van der Waals surface area (Å²) in [5, 5.41) is 2.83. The Kier molecular flexibility index (Phi) is 5.14. The molecule has 0 aliphatic heterocycles. The van der Waals surface area contributed by atoms with Crippen LogP contribution in [0.3, 0.4) is 0 Å². The second-order valence-electron chi connectivity index (χ2n) is 5.52. The van der Waals surface area contributed by atoms with Crippen LogP contribution >= 0.6 is 0 Å². The fourth-order valence-electron chi connectivity index (χ4n) is 2.43. The molecule has 1 aromatic heterocycles. The minimum absolute atomic E-state index is 0.231. The van der Waals surface area contributed by atoms with Gasteiger partial charge >= 0.3 is 0 Å². The molecule has 1 amide bonds. The molecule has 25 heavy (non-hydrogen) atoms. The molecule has 0 fully saturated rings. The van der Waals surface area contributed by atoms with Crippen molar-refractivity contribution < 1.29 is 18.3 Å². The molecular weight excluding hydrogens is 321 g/mol. The quantitative estimate of drug-likeness (QED) is 0.737. The molecule has 0 unspecified atom stereocenters. The van der Waals surface area contributed by atoms with Crippen LogP contribution < -0.4 is 10.1 Å². The van der Waals surface area contributed by atoms with Crippen molar-refractivity contribution in [1.82, 2.24) is 5.32 Å². The Balaban J connectivity index is 1.55. The summed E-state index contributed by atoms with van der Waals surface area (Å²) in [5.74, 6) is 0.972. The van der Waals surface area contributed by atoms with E-state index in [1.165, 1.54) is 12.1 Å². The second-order valence-corrected chi connectivity index (χ2v) is 5.52. The van der Waals surface area contributed by atoms with Gasteiger partial charge < -0.3 is 14.5 Å². The molecule has 0 atom stereocenters. The molecule has 0 saturated carbocycles. The van der Waals surface area contributed by atoms with Gasteiger partial charge in [-0.05, 0) is 60.5 Å². The molecular formula is C20H18FNO3. The van der Waals surface area contributed by atoms with Gasteiger partial charge in [-0.25, -0.2) is 4.39 Å². The van der Waals surface area contributed by atoms with Gasteiger partial charge in [-0.1, -0.05) is 12.1 Å². The summed E-state index contributed by atoms with van der Waals surface area (Å²) in [6.45, 7) is 0.498. The van der Waals surface area contributed by atoms with Crippen LogP contribution in [0.4, 0.5) is 4.39 Å². The molecule has 1 N–H and O–H groups in total. The van der Waals surface area contributed by atoms with Crippen LogP contribution in [-0.2, 0) is 6.42 Å². The van der Waals surface area contributed by atoms with Crippen LogP contribution in [0.2, 0.25) is 0 Å². The number of rotatable bonds is 6. The Morgan fingerprint density at radius 1 is 1.04 bits per heavy atom. The van der Waals surface area contributed by atoms with Gasteiger partial charge in [-0.2, -0.15) is 0 Å². The van der Waals surface area contributed by atoms with Gasteiger partial charge in [0.1, 0.15) is 17.3 Å². The van der Waals surface area contributed by atoms with E-state index in [1.807, 2.05) is 24.3 Å². The molecule has 0 radical (unpaired) electrons. The molecule has 4 nitrogen and oxygen atoms in total. The Morgan fingerprint density at radius 3 is 2.44 bits per heavy atom. The number of ether oxygens (including phenoxy) is 1. The van der Waals surface area contributed by atoms with E-state index in [9.17, 15) is 9.18 Å². The maximum absolute atomic E-state index is 13.0. The zero-order valence-electron chi connectivity index (χ0n) is 13.8. The number of amides is 1. The first-order chi connectivity index (χ1) is 12.2. The Morgan fingerprint density at radius 2 is 1.76 bits per heavy atom. The largest absolute Gasteiger partial charge is 0.497 e. The molecule has 0 saturated heterocycles. The molecule has 128 valence electrons. The van der Waals surface area contributed by atoms with Crippen LogP contribution in [0.25, 0.3) is 11.3 Å². The summed E-state index contributed by atoms with van der Waals surface area (Å²) in [7, 11) is 1.62. The first-order valence-corrected chi connectivity index (χ1v) is 7.92. The van der Waals surface area contributed by atoms with Gasteiger partial charge in [0.2, 0.25) is 0 Å². The van der Waals surface area contributed by atoms with Crippen LogP contribution in [-0.4, -0.2) is 19.6 Å². The van der Waals surface area contributed by atoms with Crippen molar-refractivity contribution in [3.8, 4) is 17.1 Å². The van der Waals surface area contributed by atoms with E-state index in [2.05, 4.69) is 5.32 Å². The number of nitrogens with one attached hydrogen (secondary N) is 1. The number of benzene rings is 2. The summed E-state index contributed by atoms with van der Waals surface area (Å²) in [6, 6.07) is 16.9. The number of carbonyl (C=O) groups is 1.